The van der Waals surface area contributed by atoms with E-state index >= 15 is 0 Å². The number of methoxy groups -OCH3 is 2. The lowest BCUT2D eigenvalue weighted by Crippen LogP contribution is -2.76. The lowest BCUT2D eigenvalue weighted by Gasteiger charge is -2.69. The molecule has 6 rings (SSSR count). The van der Waals surface area contributed by atoms with Crippen LogP contribution in [0.25, 0.3) is 0 Å². The fourth-order valence-corrected chi connectivity index (χ4v) is 11.0. The fraction of sp³-hybridized carbons (Fsp3) is 0.926. The second kappa shape index (κ2) is 7.89. The summed E-state index contributed by atoms with van der Waals surface area (Å²) in [4.78, 5) is 27.2. The zero-order chi connectivity index (χ0) is 24.9. The number of nitrogens with zero attached hydrogens (tertiary/aromatic N) is 1. The highest BCUT2D eigenvalue weighted by molar-refractivity contribution is 5.67. The molecule has 5 saturated carbocycles. The molecule has 0 aromatic heterocycles. The van der Waals surface area contributed by atoms with Gasteiger partial charge in [-0.1, -0.05) is 6.92 Å². The van der Waals surface area contributed by atoms with Crippen molar-refractivity contribution in [2.75, 3.05) is 33.9 Å². The minimum absolute atomic E-state index is 0.0124. The highest BCUT2D eigenvalue weighted by Gasteiger charge is 2.84. The van der Waals surface area contributed by atoms with E-state index in [0.29, 0.717) is 18.9 Å². The predicted molar refractivity (Wildman–Crippen MR) is 125 cm³/mol. The normalized spacial score (nSPS) is 53.4. The predicted octanol–water partition coefficient (Wildman–Crippen LogP) is 2.02. The first-order valence-corrected chi connectivity index (χ1v) is 13.5. The number of carbonyl (C=O) groups excluding carboxylic acids is 2. The molecule has 196 valence electrons. The summed E-state index contributed by atoms with van der Waals surface area (Å²) in [7, 11) is 3.50. The number of piperidine rings is 1. The van der Waals surface area contributed by atoms with Crippen molar-refractivity contribution in [2.24, 2.45) is 40.4 Å². The Balaban J connectivity index is 1.57. The summed E-state index contributed by atoms with van der Waals surface area (Å²) in [6.07, 6.45) is 3.33. The smallest absolute Gasteiger partial charge is 0.302 e. The molecule has 6 fully saturated rings. The van der Waals surface area contributed by atoms with Crippen molar-refractivity contribution in [3.63, 3.8) is 0 Å². The molecule has 6 aliphatic rings. The monoisotopic (exact) mass is 491 g/mol. The Labute approximate surface area is 208 Å². The second-order valence-electron chi connectivity index (χ2n) is 12.4. The van der Waals surface area contributed by atoms with Crippen molar-refractivity contribution in [2.45, 2.75) is 82.8 Å². The molecule has 0 aromatic carbocycles. The Morgan fingerprint density at radius 1 is 1.09 bits per heavy atom. The van der Waals surface area contributed by atoms with Crippen LogP contribution in [0.2, 0.25) is 0 Å². The van der Waals surface area contributed by atoms with Gasteiger partial charge in [0.1, 0.15) is 12.2 Å². The number of fused-ring (bicyclic) bond motifs is 2. The van der Waals surface area contributed by atoms with Crippen molar-refractivity contribution < 1.29 is 33.6 Å². The first-order valence-electron chi connectivity index (χ1n) is 13.5. The van der Waals surface area contributed by atoms with Crippen molar-refractivity contribution >= 4 is 11.9 Å². The number of hydrogen-bond acceptors (Lipinski definition) is 8. The first-order chi connectivity index (χ1) is 16.7. The van der Waals surface area contributed by atoms with Gasteiger partial charge in [0.2, 0.25) is 0 Å². The van der Waals surface area contributed by atoms with E-state index in [1.807, 2.05) is 0 Å². The van der Waals surface area contributed by atoms with Crippen LogP contribution in [0.5, 0.6) is 0 Å². The van der Waals surface area contributed by atoms with Gasteiger partial charge >= 0.3 is 11.9 Å². The second-order valence-corrected chi connectivity index (χ2v) is 12.4. The molecular weight excluding hydrogens is 450 g/mol. The molecule has 0 aromatic rings. The van der Waals surface area contributed by atoms with E-state index in [1.54, 1.807) is 14.2 Å². The summed E-state index contributed by atoms with van der Waals surface area (Å²) in [6, 6.07) is 0.130. The number of rotatable bonds is 6. The van der Waals surface area contributed by atoms with Crippen LogP contribution in [0.3, 0.4) is 0 Å². The van der Waals surface area contributed by atoms with Crippen molar-refractivity contribution in [3.05, 3.63) is 0 Å². The van der Waals surface area contributed by atoms with Gasteiger partial charge in [-0.2, -0.15) is 0 Å². The molecule has 1 spiro atoms. The number of ether oxygens (including phenoxy) is 4. The molecule has 8 nitrogen and oxygen atoms in total. The van der Waals surface area contributed by atoms with E-state index in [1.165, 1.54) is 13.8 Å². The first kappa shape index (κ1) is 24.1. The molecule has 1 heterocycles. The molecule has 0 amide bonds. The maximum atomic E-state index is 12.7. The molecular formula is C27H41NO7. The van der Waals surface area contributed by atoms with Crippen LogP contribution in [0.15, 0.2) is 0 Å². The largest absolute Gasteiger partial charge is 0.462 e. The maximum Gasteiger partial charge on any atom is 0.302 e. The van der Waals surface area contributed by atoms with Crippen molar-refractivity contribution in [1.29, 1.82) is 0 Å². The highest BCUT2D eigenvalue weighted by atomic mass is 16.6. The SMILES string of the molecule is CCN1CC2(COC)CCC(OC(C)=O)C34C5CC6C(OC)CC(O)(C(CC23)C14)C5C6OC(C)=O. The summed E-state index contributed by atoms with van der Waals surface area (Å²) in [6.45, 7) is 7.69. The van der Waals surface area contributed by atoms with Gasteiger partial charge in [-0.15, -0.1) is 0 Å². The third-order valence-corrected chi connectivity index (χ3v) is 11.5. The van der Waals surface area contributed by atoms with Crippen LogP contribution < -0.4 is 0 Å². The number of hydrogen-bond donors (Lipinski definition) is 1. The molecule has 12 atom stereocenters. The Morgan fingerprint density at radius 2 is 1.83 bits per heavy atom. The van der Waals surface area contributed by atoms with E-state index < -0.39 is 5.60 Å². The zero-order valence-corrected chi connectivity index (χ0v) is 21.7. The molecule has 0 radical (unpaired) electrons. The number of likely N-dealkylation sites (tertiary alicyclic amines) is 1. The van der Waals surface area contributed by atoms with E-state index in [9.17, 15) is 14.7 Å². The highest BCUT2D eigenvalue weighted by Crippen LogP contribution is 2.79. The molecule has 1 aliphatic heterocycles. The lowest BCUT2D eigenvalue weighted by atomic mass is 9.43. The van der Waals surface area contributed by atoms with Crippen LogP contribution in [-0.2, 0) is 28.5 Å². The average molecular weight is 492 g/mol. The van der Waals surface area contributed by atoms with Crippen molar-refractivity contribution in [1.82, 2.24) is 4.90 Å². The molecule has 12 unspecified atom stereocenters. The van der Waals surface area contributed by atoms with Crippen LogP contribution in [0.1, 0.15) is 52.9 Å². The molecule has 8 heteroatoms. The zero-order valence-electron chi connectivity index (χ0n) is 21.7. The van der Waals surface area contributed by atoms with Gasteiger partial charge in [0, 0.05) is 75.7 Å². The van der Waals surface area contributed by atoms with Crippen LogP contribution in [0.4, 0.5) is 0 Å². The molecule has 7 bridgehead atoms. The summed E-state index contributed by atoms with van der Waals surface area (Å²) in [5.41, 5.74) is -1.30. The third kappa shape index (κ3) is 2.83. The topological polar surface area (TPSA) is 94.5 Å². The van der Waals surface area contributed by atoms with Gasteiger partial charge < -0.3 is 24.1 Å². The summed E-state index contributed by atoms with van der Waals surface area (Å²) >= 11 is 0. The molecule has 1 saturated heterocycles. The average Bonchev–Trinajstić information content (AvgIpc) is 3.24. The van der Waals surface area contributed by atoms with Gasteiger partial charge in [0.05, 0.1) is 18.3 Å². The van der Waals surface area contributed by atoms with Crippen LogP contribution in [-0.4, -0.2) is 85.8 Å². The van der Waals surface area contributed by atoms with Crippen LogP contribution in [0, 0.1) is 40.4 Å². The van der Waals surface area contributed by atoms with Gasteiger partial charge in [0.25, 0.3) is 0 Å². The number of aliphatic hydroxyl groups is 1. The Kier molecular flexibility index (Phi) is 5.44. The Bertz CT molecular complexity index is 912. The Hall–Kier alpha value is -1.22. The van der Waals surface area contributed by atoms with E-state index in [0.717, 1.165) is 38.8 Å². The summed E-state index contributed by atoms with van der Waals surface area (Å²) in [5.74, 6) is -0.268. The summed E-state index contributed by atoms with van der Waals surface area (Å²) in [5, 5.41) is 12.7. The van der Waals surface area contributed by atoms with Gasteiger partial charge in [0.15, 0.2) is 0 Å². The number of esters is 2. The molecule has 1 N–H and O–H groups in total. The minimum atomic E-state index is -0.983. The minimum Gasteiger partial charge on any atom is -0.462 e. The van der Waals surface area contributed by atoms with Crippen LogP contribution >= 0.6 is 0 Å². The van der Waals surface area contributed by atoms with Gasteiger partial charge in [-0.25, -0.2) is 0 Å². The maximum absolute atomic E-state index is 12.7. The standard InChI is InChI=1S/C27H41NO7/c1-6-28-12-25(13-32-4)8-7-21(34-14(2)29)27-17-9-16-19(33-5)11-26(31,18(24(27)28)10-20(25)27)22(17)23(16)35-15(3)30/h16-24,31H,6-13H2,1-5H3. The molecule has 35 heavy (non-hydrogen) atoms. The van der Waals surface area contributed by atoms with E-state index in [4.69, 9.17) is 18.9 Å². The third-order valence-electron chi connectivity index (χ3n) is 11.5. The quantitative estimate of drug-likeness (QED) is 0.564. The number of carbonyl (C=O) groups is 2. The van der Waals surface area contributed by atoms with E-state index in [2.05, 4.69) is 11.8 Å². The van der Waals surface area contributed by atoms with Gasteiger partial charge in [-0.3, -0.25) is 14.5 Å². The van der Waals surface area contributed by atoms with Gasteiger partial charge in [-0.05, 0) is 44.1 Å². The molecule has 5 aliphatic carbocycles. The lowest BCUT2D eigenvalue weighted by molar-refractivity contribution is -0.276. The van der Waals surface area contributed by atoms with E-state index in [-0.39, 0.29) is 70.8 Å². The Morgan fingerprint density at radius 3 is 2.46 bits per heavy atom. The fourth-order valence-electron chi connectivity index (χ4n) is 11.0. The van der Waals surface area contributed by atoms with Crippen molar-refractivity contribution in [3.8, 4) is 0 Å². The summed E-state index contributed by atoms with van der Waals surface area (Å²) < 4.78 is 24.1.